The molecule has 2 unspecified atom stereocenters. The van der Waals surface area contributed by atoms with Crippen molar-refractivity contribution in [3.63, 3.8) is 0 Å². The maximum Gasteiger partial charge on any atom is 0.353 e. The average molecular weight is 164 g/mol. The first-order valence-electron chi connectivity index (χ1n) is 2.38. The standard InChI is InChI=1S/C4H4O5S/c5-1-3(7)10-4(8)2(6)9-1/h3-4,7-8H. The lowest BCUT2D eigenvalue weighted by atomic mass is 10.6. The van der Waals surface area contributed by atoms with Gasteiger partial charge in [0.1, 0.15) is 0 Å². The number of aliphatic hydroxyl groups is 2. The smallest absolute Gasteiger partial charge is 0.353 e. The number of rotatable bonds is 0. The van der Waals surface area contributed by atoms with Crippen molar-refractivity contribution in [1.29, 1.82) is 0 Å². The van der Waals surface area contributed by atoms with Gasteiger partial charge in [0.05, 0.1) is 0 Å². The summed E-state index contributed by atoms with van der Waals surface area (Å²) in [6.45, 7) is 0. The molecule has 0 aromatic carbocycles. The van der Waals surface area contributed by atoms with Gasteiger partial charge in [-0.25, -0.2) is 9.59 Å². The number of esters is 2. The monoisotopic (exact) mass is 164 g/mol. The second kappa shape index (κ2) is 2.57. The first-order valence-corrected chi connectivity index (χ1v) is 3.32. The van der Waals surface area contributed by atoms with E-state index >= 15 is 0 Å². The van der Waals surface area contributed by atoms with Gasteiger partial charge in [-0.15, -0.1) is 0 Å². The highest BCUT2D eigenvalue weighted by Gasteiger charge is 2.35. The highest BCUT2D eigenvalue weighted by atomic mass is 32.2. The Hall–Kier alpha value is -0.590. The van der Waals surface area contributed by atoms with E-state index in [1.165, 1.54) is 0 Å². The first-order chi connectivity index (χ1) is 4.61. The number of ether oxygens (including phenoxy) is 1. The molecule has 1 aliphatic heterocycles. The molecule has 1 aliphatic rings. The van der Waals surface area contributed by atoms with E-state index in [1.807, 2.05) is 0 Å². The van der Waals surface area contributed by atoms with E-state index in [4.69, 9.17) is 10.2 Å². The summed E-state index contributed by atoms with van der Waals surface area (Å²) >= 11 is 0.444. The fraction of sp³-hybridized carbons (Fsp3) is 0.500. The van der Waals surface area contributed by atoms with E-state index in [9.17, 15) is 9.59 Å². The zero-order valence-electron chi connectivity index (χ0n) is 4.68. The highest BCUT2D eigenvalue weighted by molar-refractivity contribution is 8.01. The van der Waals surface area contributed by atoms with Crippen LogP contribution < -0.4 is 0 Å². The lowest BCUT2D eigenvalue weighted by Gasteiger charge is -2.17. The summed E-state index contributed by atoms with van der Waals surface area (Å²) in [4.78, 5) is 20.7. The Balaban J connectivity index is 2.63. The van der Waals surface area contributed by atoms with Crippen LogP contribution in [-0.2, 0) is 14.3 Å². The Kier molecular flexibility index (Phi) is 1.93. The Morgan fingerprint density at radius 3 is 1.90 bits per heavy atom. The quantitative estimate of drug-likeness (QED) is 0.333. The number of hydrogen-bond donors (Lipinski definition) is 2. The summed E-state index contributed by atoms with van der Waals surface area (Å²) in [6.07, 6.45) is 0. The molecule has 1 heterocycles. The van der Waals surface area contributed by atoms with E-state index in [0.717, 1.165) is 0 Å². The molecule has 2 N–H and O–H groups in total. The van der Waals surface area contributed by atoms with E-state index in [2.05, 4.69) is 4.74 Å². The van der Waals surface area contributed by atoms with Gasteiger partial charge < -0.3 is 14.9 Å². The number of hydrogen-bond acceptors (Lipinski definition) is 6. The number of carbonyl (C=O) groups is 2. The molecular weight excluding hydrogens is 160 g/mol. The summed E-state index contributed by atoms with van der Waals surface area (Å²) in [5, 5.41) is 17.3. The normalized spacial score (nSPS) is 33.8. The molecular formula is C4H4O5S. The molecule has 0 bridgehead atoms. The van der Waals surface area contributed by atoms with Crippen molar-refractivity contribution in [2.75, 3.05) is 0 Å². The summed E-state index contributed by atoms with van der Waals surface area (Å²) in [5.74, 6) is -2.05. The third kappa shape index (κ3) is 1.28. The number of cyclic esters (lactones) is 2. The molecule has 1 fully saturated rings. The third-order valence-corrected chi connectivity index (χ3v) is 1.76. The van der Waals surface area contributed by atoms with E-state index in [0.29, 0.717) is 11.8 Å². The molecule has 6 heteroatoms. The SMILES string of the molecule is O=C1OC(=O)C(O)SC1O. The first kappa shape index (κ1) is 7.52. The molecule has 0 spiro atoms. The molecule has 0 aliphatic carbocycles. The zero-order chi connectivity index (χ0) is 7.72. The minimum Gasteiger partial charge on any atom is -0.388 e. The van der Waals surface area contributed by atoms with Crippen LogP contribution in [0.3, 0.4) is 0 Å². The van der Waals surface area contributed by atoms with Crippen molar-refractivity contribution in [3.05, 3.63) is 0 Å². The van der Waals surface area contributed by atoms with Gasteiger partial charge in [-0.05, 0) is 0 Å². The molecule has 0 amide bonds. The molecule has 0 aromatic rings. The zero-order valence-corrected chi connectivity index (χ0v) is 5.50. The average Bonchev–Trinajstić information content (AvgIpc) is 1.84. The van der Waals surface area contributed by atoms with Gasteiger partial charge in [0.15, 0.2) is 0 Å². The van der Waals surface area contributed by atoms with E-state index in [1.54, 1.807) is 0 Å². The summed E-state index contributed by atoms with van der Waals surface area (Å²) in [6, 6.07) is 0. The van der Waals surface area contributed by atoms with Crippen molar-refractivity contribution in [1.82, 2.24) is 0 Å². The molecule has 0 aromatic heterocycles. The maximum atomic E-state index is 10.3. The van der Waals surface area contributed by atoms with E-state index in [-0.39, 0.29) is 0 Å². The Bertz CT molecular complexity index is 160. The van der Waals surface area contributed by atoms with Gasteiger partial charge in [-0.3, -0.25) is 0 Å². The Labute approximate surface area is 60.0 Å². The van der Waals surface area contributed by atoms with Crippen molar-refractivity contribution < 1.29 is 24.5 Å². The summed E-state index contributed by atoms with van der Waals surface area (Å²) < 4.78 is 3.91. The predicted molar refractivity (Wildman–Crippen MR) is 30.7 cm³/mol. The Morgan fingerprint density at radius 2 is 1.60 bits per heavy atom. The van der Waals surface area contributed by atoms with Gasteiger partial charge >= 0.3 is 11.9 Å². The van der Waals surface area contributed by atoms with Gasteiger partial charge in [0.2, 0.25) is 10.9 Å². The molecule has 0 saturated carbocycles. The van der Waals surface area contributed by atoms with Gasteiger partial charge in [0, 0.05) is 0 Å². The van der Waals surface area contributed by atoms with Crippen LogP contribution >= 0.6 is 11.8 Å². The van der Waals surface area contributed by atoms with Crippen molar-refractivity contribution >= 4 is 23.7 Å². The largest absolute Gasteiger partial charge is 0.388 e. The van der Waals surface area contributed by atoms with Gasteiger partial charge in [-0.1, -0.05) is 11.8 Å². The van der Waals surface area contributed by atoms with Crippen LogP contribution in [0.25, 0.3) is 0 Å². The van der Waals surface area contributed by atoms with Crippen molar-refractivity contribution in [3.8, 4) is 0 Å². The van der Waals surface area contributed by atoms with Crippen molar-refractivity contribution in [2.45, 2.75) is 10.9 Å². The molecule has 1 saturated heterocycles. The predicted octanol–water partition coefficient (Wildman–Crippen LogP) is -1.56. The van der Waals surface area contributed by atoms with Crippen molar-refractivity contribution in [2.24, 2.45) is 0 Å². The lowest BCUT2D eigenvalue weighted by molar-refractivity contribution is -0.167. The fourth-order valence-corrected chi connectivity index (χ4v) is 0.996. The molecule has 10 heavy (non-hydrogen) atoms. The lowest BCUT2D eigenvalue weighted by Crippen LogP contribution is -2.36. The van der Waals surface area contributed by atoms with Crippen LogP contribution in [0.5, 0.6) is 0 Å². The summed E-state index contributed by atoms with van der Waals surface area (Å²) in [7, 11) is 0. The number of carbonyl (C=O) groups excluding carboxylic acids is 2. The second-order valence-corrected chi connectivity index (χ2v) is 2.75. The minimum atomic E-state index is -1.45. The van der Waals surface area contributed by atoms with E-state index < -0.39 is 22.8 Å². The molecule has 0 radical (unpaired) electrons. The van der Waals surface area contributed by atoms with Crippen LogP contribution in [0.1, 0.15) is 0 Å². The van der Waals surface area contributed by atoms with Crippen LogP contribution in [0, 0.1) is 0 Å². The molecule has 2 atom stereocenters. The van der Waals surface area contributed by atoms with Crippen LogP contribution in [0.4, 0.5) is 0 Å². The maximum absolute atomic E-state index is 10.3. The topological polar surface area (TPSA) is 83.8 Å². The second-order valence-electron chi connectivity index (χ2n) is 1.58. The van der Waals surface area contributed by atoms with Crippen LogP contribution in [0.15, 0.2) is 0 Å². The van der Waals surface area contributed by atoms with Gasteiger partial charge in [-0.2, -0.15) is 0 Å². The fourth-order valence-electron chi connectivity index (χ4n) is 0.433. The summed E-state index contributed by atoms with van der Waals surface area (Å²) in [5.41, 5.74) is -2.90. The van der Waals surface area contributed by atoms with Crippen LogP contribution in [-0.4, -0.2) is 33.0 Å². The molecule has 1 rings (SSSR count). The molecule has 5 nitrogen and oxygen atoms in total. The highest BCUT2D eigenvalue weighted by Crippen LogP contribution is 2.21. The molecule has 56 valence electrons. The third-order valence-electron chi connectivity index (χ3n) is 0.862. The Morgan fingerprint density at radius 1 is 1.20 bits per heavy atom. The van der Waals surface area contributed by atoms with Gasteiger partial charge in [0.25, 0.3) is 0 Å². The minimum absolute atomic E-state index is 0.444. The number of thioether (sulfide) groups is 1. The van der Waals surface area contributed by atoms with Crippen LogP contribution in [0.2, 0.25) is 0 Å². The number of aliphatic hydroxyl groups excluding tert-OH is 2.